The molecule has 4 heteroatoms. The van der Waals surface area contributed by atoms with Crippen LogP contribution in [-0.2, 0) is 13.0 Å². The highest BCUT2D eigenvalue weighted by Crippen LogP contribution is 2.27. The lowest BCUT2D eigenvalue weighted by atomic mass is 10.1. The second-order valence-corrected chi connectivity index (χ2v) is 7.09. The summed E-state index contributed by atoms with van der Waals surface area (Å²) in [5.74, 6) is 1.58. The van der Waals surface area contributed by atoms with Gasteiger partial charge in [0.2, 0.25) is 0 Å². The maximum Gasteiger partial charge on any atom is 0.138 e. The Morgan fingerprint density at radius 1 is 1.12 bits per heavy atom. The second-order valence-electron chi connectivity index (χ2n) is 6.68. The van der Waals surface area contributed by atoms with E-state index in [1.165, 1.54) is 24.9 Å². The number of likely N-dealkylation sites (tertiary alicyclic amines) is 1. The molecule has 0 amide bonds. The maximum atomic E-state index is 6.41. The number of ether oxygens (including phenoxy) is 2. The highest BCUT2D eigenvalue weighted by atomic mass is 35.5. The van der Waals surface area contributed by atoms with E-state index in [1.54, 1.807) is 7.11 Å². The molecular formula is C21H26ClNO2. The van der Waals surface area contributed by atoms with Crippen molar-refractivity contribution in [3.8, 4) is 11.5 Å². The molecule has 2 aromatic rings. The largest absolute Gasteiger partial charge is 0.497 e. The third-order valence-corrected chi connectivity index (χ3v) is 5.22. The Labute approximate surface area is 155 Å². The van der Waals surface area contributed by atoms with Gasteiger partial charge in [0.05, 0.1) is 12.1 Å². The van der Waals surface area contributed by atoms with Gasteiger partial charge in [-0.1, -0.05) is 29.8 Å². The Balaban J connectivity index is 1.53. The van der Waals surface area contributed by atoms with E-state index in [-0.39, 0.29) is 0 Å². The molecule has 0 spiro atoms. The standard InChI is InChI=1S/C21H26ClNO2/c1-16-4-3-12-23(16)13-11-17-7-10-21(20(22)14-17)25-15-18-5-8-19(24-2)9-6-18/h5-10,14,16H,3-4,11-13,15H2,1-2H3/t16-/m1/s1. The van der Waals surface area contributed by atoms with Crippen LogP contribution < -0.4 is 9.47 Å². The van der Waals surface area contributed by atoms with Crippen molar-refractivity contribution in [1.29, 1.82) is 0 Å². The number of hydrogen-bond acceptors (Lipinski definition) is 3. The molecule has 3 rings (SSSR count). The van der Waals surface area contributed by atoms with E-state index in [4.69, 9.17) is 21.1 Å². The van der Waals surface area contributed by atoms with Crippen molar-refractivity contribution < 1.29 is 9.47 Å². The molecular weight excluding hydrogens is 334 g/mol. The minimum atomic E-state index is 0.494. The van der Waals surface area contributed by atoms with Crippen LogP contribution in [0.3, 0.4) is 0 Å². The van der Waals surface area contributed by atoms with Gasteiger partial charge in [-0.2, -0.15) is 0 Å². The fraction of sp³-hybridized carbons (Fsp3) is 0.429. The van der Waals surface area contributed by atoms with Gasteiger partial charge in [0.25, 0.3) is 0 Å². The van der Waals surface area contributed by atoms with Gasteiger partial charge < -0.3 is 14.4 Å². The quantitative estimate of drug-likeness (QED) is 0.697. The first-order valence-corrected chi connectivity index (χ1v) is 9.31. The number of methoxy groups -OCH3 is 1. The predicted octanol–water partition coefficient (Wildman–Crippen LogP) is 4.95. The van der Waals surface area contributed by atoms with Gasteiger partial charge in [0, 0.05) is 12.6 Å². The molecule has 0 radical (unpaired) electrons. The van der Waals surface area contributed by atoms with Crippen molar-refractivity contribution in [1.82, 2.24) is 4.90 Å². The molecule has 0 saturated carbocycles. The topological polar surface area (TPSA) is 21.7 Å². The van der Waals surface area contributed by atoms with E-state index in [2.05, 4.69) is 17.9 Å². The molecule has 1 aliphatic heterocycles. The lowest BCUT2D eigenvalue weighted by Gasteiger charge is -2.20. The normalized spacial score (nSPS) is 17.6. The van der Waals surface area contributed by atoms with E-state index in [0.29, 0.717) is 17.7 Å². The summed E-state index contributed by atoms with van der Waals surface area (Å²) >= 11 is 6.41. The summed E-state index contributed by atoms with van der Waals surface area (Å²) < 4.78 is 11.0. The molecule has 25 heavy (non-hydrogen) atoms. The lowest BCUT2D eigenvalue weighted by Crippen LogP contribution is -2.28. The fourth-order valence-corrected chi connectivity index (χ4v) is 3.56. The second kappa shape index (κ2) is 8.59. The van der Waals surface area contributed by atoms with Crippen LogP contribution in [0.15, 0.2) is 42.5 Å². The highest BCUT2D eigenvalue weighted by molar-refractivity contribution is 6.32. The summed E-state index contributed by atoms with van der Waals surface area (Å²) in [5.41, 5.74) is 2.35. The number of rotatable bonds is 7. The molecule has 0 unspecified atom stereocenters. The third kappa shape index (κ3) is 4.90. The molecule has 1 saturated heterocycles. The Hall–Kier alpha value is -1.71. The summed E-state index contributed by atoms with van der Waals surface area (Å²) in [7, 11) is 1.66. The summed E-state index contributed by atoms with van der Waals surface area (Å²) in [6.07, 6.45) is 3.67. The van der Waals surface area contributed by atoms with Crippen molar-refractivity contribution in [2.75, 3.05) is 20.2 Å². The van der Waals surface area contributed by atoms with Crippen LogP contribution >= 0.6 is 11.6 Å². The molecule has 1 atom stereocenters. The minimum Gasteiger partial charge on any atom is -0.497 e. The van der Waals surface area contributed by atoms with E-state index in [1.807, 2.05) is 36.4 Å². The van der Waals surface area contributed by atoms with Crippen LogP contribution in [0.4, 0.5) is 0 Å². The third-order valence-electron chi connectivity index (χ3n) is 4.93. The smallest absolute Gasteiger partial charge is 0.138 e. The summed E-state index contributed by atoms with van der Waals surface area (Å²) in [6, 6.07) is 14.7. The molecule has 1 heterocycles. The fourth-order valence-electron chi connectivity index (χ4n) is 3.30. The van der Waals surface area contributed by atoms with Crippen LogP contribution in [-0.4, -0.2) is 31.1 Å². The van der Waals surface area contributed by atoms with Crippen molar-refractivity contribution >= 4 is 11.6 Å². The predicted molar refractivity (Wildman–Crippen MR) is 103 cm³/mol. The van der Waals surface area contributed by atoms with Crippen LogP contribution in [0.2, 0.25) is 5.02 Å². The monoisotopic (exact) mass is 359 g/mol. The molecule has 1 aliphatic rings. The average molecular weight is 360 g/mol. The van der Waals surface area contributed by atoms with E-state index in [0.717, 1.165) is 30.0 Å². The molecule has 134 valence electrons. The Morgan fingerprint density at radius 3 is 2.52 bits per heavy atom. The van der Waals surface area contributed by atoms with Crippen LogP contribution in [0.25, 0.3) is 0 Å². The summed E-state index contributed by atoms with van der Waals surface area (Å²) in [6.45, 7) is 5.13. The zero-order valence-electron chi connectivity index (χ0n) is 15.0. The van der Waals surface area contributed by atoms with Gasteiger partial charge in [0.15, 0.2) is 0 Å². The molecule has 0 bridgehead atoms. The SMILES string of the molecule is COc1ccc(COc2ccc(CCN3CCC[C@H]3C)cc2Cl)cc1. The van der Waals surface area contributed by atoms with Crippen molar-refractivity contribution in [3.63, 3.8) is 0 Å². The Bertz CT molecular complexity index is 687. The zero-order chi connectivity index (χ0) is 17.6. The zero-order valence-corrected chi connectivity index (χ0v) is 15.8. The summed E-state index contributed by atoms with van der Waals surface area (Å²) in [5, 5.41) is 0.681. The van der Waals surface area contributed by atoms with Crippen LogP contribution in [0.1, 0.15) is 30.9 Å². The van der Waals surface area contributed by atoms with Gasteiger partial charge in [0.1, 0.15) is 18.1 Å². The van der Waals surface area contributed by atoms with Crippen LogP contribution in [0, 0.1) is 0 Å². The molecule has 0 aromatic heterocycles. The molecule has 1 fully saturated rings. The lowest BCUT2D eigenvalue weighted by molar-refractivity contribution is 0.272. The molecule has 0 aliphatic carbocycles. The van der Waals surface area contributed by atoms with Gasteiger partial charge in [-0.25, -0.2) is 0 Å². The first-order chi connectivity index (χ1) is 12.2. The van der Waals surface area contributed by atoms with E-state index < -0.39 is 0 Å². The number of halogens is 1. The molecule has 2 aromatic carbocycles. The maximum absolute atomic E-state index is 6.41. The van der Waals surface area contributed by atoms with Crippen molar-refractivity contribution in [3.05, 3.63) is 58.6 Å². The van der Waals surface area contributed by atoms with Gasteiger partial charge in [-0.15, -0.1) is 0 Å². The Morgan fingerprint density at radius 2 is 1.88 bits per heavy atom. The highest BCUT2D eigenvalue weighted by Gasteiger charge is 2.19. The Kier molecular flexibility index (Phi) is 6.22. The van der Waals surface area contributed by atoms with Crippen molar-refractivity contribution in [2.24, 2.45) is 0 Å². The van der Waals surface area contributed by atoms with Crippen molar-refractivity contribution in [2.45, 2.75) is 38.8 Å². The van der Waals surface area contributed by atoms with E-state index >= 15 is 0 Å². The first kappa shape index (κ1) is 18.1. The number of benzene rings is 2. The van der Waals surface area contributed by atoms with E-state index in [9.17, 15) is 0 Å². The first-order valence-electron chi connectivity index (χ1n) is 8.94. The number of nitrogens with zero attached hydrogens (tertiary/aromatic N) is 1. The van der Waals surface area contributed by atoms with Crippen LogP contribution in [0.5, 0.6) is 11.5 Å². The average Bonchev–Trinajstić information content (AvgIpc) is 3.04. The molecule has 3 nitrogen and oxygen atoms in total. The van der Waals surface area contributed by atoms with Gasteiger partial charge >= 0.3 is 0 Å². The van der Waals surface area contributed by atoms with Gasteiger partial charge in [-0.3, -0.25) is 0 Å². The van der Waals surface area contributed by atoms with Gasteiger partial charge in [-0.05, 0) is 68.1 Å². The minimum absolute atomic E-state index is 0.494. The summed E-state index contributed by atoms with van der Waals surface area (Å²) in [4.78, 5) is 2.56. The number of hydrogen-bond donors (Lipinski definition) is 0. The molecule has 0 N–H and O–H groups in total.